The van der Waals surface area contributed by atoms with Crippen LogP contribution in [0.3, 0.4) is 0 Å². The second-order valence-electron chi connectivity index (χ2n) is 3.82. The Hall–Kier alpha value is -1.28. The van der Waals surface area contributed by atoms with E-state index < -0.39 is 0 Å². The van der Waals surface area contributed by atoms with E-state index in [-0.39, 0.29) is 0 Å². The number of hydrogen-bond donors (Lipinski definition) is 2. The van der Waals surface area contributed by atoms with Crippen LogP contribution in [0, 0.1) is 13.8 Å². The molecule has 3 N–H and O–H groups in total. The van der Waals surface area contributed by atoms with Gasteiger partial charge >= 0.3 is 0 Å². The van der Waals surface area contributed by atoms with Gasteiger partial charge in [0.1, 0.15) is 0 Å². The molecule has 0 aliphatic heterocycles. The lowest BCUT2D eigenvalue weighted by Crippen LogP contribution is -2.03. The molecule has 14 heavy (non-hydrogen) atoms. The highest BCUT2D eigenvalue weighted by molar-refractivity contribution is 5.85. The van der Waals surface area contributed by atoms with E-state index in [0.717, 1.165) is 6.42 Å². The molecule has 2 nitrogen and oxygen atoms in total. The van der Waals surface area contributed by atoms with Gasteiger partial charge in [-0.2, -0.15) is 0 Å². The van der Waals surface area contributed by atoms with Crippen LogP contribution in [0.15, 0.2) is 18.2 Å². The number of nitrogens with two attached hydrogens (primary N) is 1. The zero-order valence-corrected chi connectivity index (χ0v) is 8.72. The van der Waals surface area contributed by atoms with Crippen LogP contribution in [0.2, 0.25) is 0 Å². The van der Waals surface area contributed by atoms with E-state index in [4.69, 9.17) is 5.73 Å². The zero-order valence-electron chi connectivity index (χ0n) is 8.72. The predicted molar refractivity (Wildman–Crippen MR) is 60.5 cm³/mol. The SMILES string of the molecule is Cc1ccc2[nH]c(CCN)c(C)c2c1. The summed E-state index contributed by atoms with van der Waals surface area (Å²) in [4.78, 5) is 3.41. The number of hydrogen-bond acceptors (Lipinski definition) is 1. The lowest BCUT2D eigenvalue weighted by atomic mass is 10.1. The third-order valence-electron chi connectivity index (χ3n) is 2.71. The summed E-state index contributed by atoms with van der Waals surface area (Å²) < 4.78 is 0. The van der Waals surface area contributed by atoms with Crippen LogP contribution < -0.4 is 5.73 Å². The fourth-order valence-electron chi connectivity index (χ4n) is 1.89. The first-order valence-corrected chi connectivity index (χ1v) is 5.00. The van der Waals surface area contributed by atoms with Gasteiger partial charge in [-0.3, -0.25) is 0 Å². The Kier molecular flexibility index (Phi) is 2.30. The van der Waals surface area contributed by atoms with Crippen LogP contribution in [-0.2, 0) is 6.42 Å². The third kappa shape index (κ3) is 1.42. The van der Waals surface area contributed by atoms with Crippen LogP contribution in [0.4, 0.5) is 0 Å². The van der Waals surface area contributed by atoms with Gasteiger partial charge in [0.15, 0.2) is 0 Å². The summed E-state index contributed by atoms with van der Waals surface area (Å²) in [5.74, 6) is 0. The number of benzene rings is 1. The quantitative estimate of drug-likeness (QED) is 0.746. The molecule has 1 heterocycles. The number of aromatic nitrogens is 1. The van der Waals surface area contributed by atoms with Crippen molar-refractivity contribution in [1.82, 2.24) is 4.98 Å². The van der Waals surface area contributed by atoms with Crippen molar-refractivity contribution >= 4 is 10.9 Å². The van der Waals surface area contributed by atoms with E-state index in [0.29, 0.717) is 6.54 Å². The molecule has 0 aliphatic carbocycles. The van der Waals surface area contributed by atoms with Crippen LogP contribution >= 0.6 is 0 Å². The molecule has 0 spiro atoms. The Labute approximate surface area is 84.1 Å². The maximum absolute atomic E-state index is 5.56. The fourth-order valence-corrected chi connectivity index (χ4v) is 1.89. The molecule has 74 valence electrons. The topological polar surface area (TPSA) is 41.8 Å². The standard InChI is InChI=1S/C12H16N2/c1-8-3-4-12-10(7-8)9(2)11(14-12)5-6-13/h3-4,7,14H,5-6,13H2,1-2H3. The number of aromatic amines is 1. The molecule has 0 radical (unpaired) electrons. The van der Waals surface area contributed by atoms with Crippen molar-refractivity contribution in [3.05, 3.63) is 35.0 Å². The van der Waals surface area contributed by atoms with E-state index >= 15 is 0 Å². The molecule has 0 bridgehead atoms. The molecular weight excluding hydrogens is 172 g/mol. The van der Waals surface area contributed by atoms with Gasteiger partial charge in [-0.15, -0.1) is 0 Å². The molecule has 0 amide bonds. The van der Waals surface area contributed by atoms with Gasteiger partial charge in [0.2, 0.25) is 0 Å². The first-order valence-electron chi connectivity index (χ1n) is 5.00. The molecule has 2 rings (SSSR count). The van der Waals surface area contributed by atoms with Crippen LogP contribution in [0.5, 0.6) is 0 Å². The minimum Gasteiger partial charge on any atom is -0.358 e. The minimum absolute atomic E-state index is 0.701. The first-order chi connectivity index (χ1) is 6.72. The number of aryl methyl sites for hydroxylation is 2. The first kappa shape index (κ1) is 9.28. The van der Waals surface area contributed by atoms with Gasteiger partial charge in [0.05, 0.1) is 0 Å². The highest BCUT2D eigenvalue weighted by atomic mass is 14.7. The van der Waals surface area contributed by atoms with E-state index in [2.05, 4.69) is 37.0 Å². The van der Waals surface area contributed by atoms with Gasteiger partial charge in [0.25, 0.3) is 0 Å². The number of nitrogens with one attached hydrogen (secondary N) is 1. The maximum atomic E-state index is 5.56. The van der Waals surface area contributed by atoms with Crippen LogP contribution in [-0.4, -0.2) is 11.5 Å². The van der Waals surface area contributed by atoms with E-state index in [1.165, 1.54) is 27.7 Å². The van der Waals surface area contributed by atoms with Crippen molar-refractivity contribution < 1.29 is 0 Å². The summed E-state index contributed by atoms with van der Waals surface area (Å²) in [7, 11) is 0. The summed E-state index contributed by atoms with van der Waals surface area (Å²) in [5, 5.41) is 1.33. The van der Waals surface area contributed by atoms with E-state index in [1.54, 1.807) is 0 Å². The van der Waals surface area contributed by atoms with Gasteiger partial charge in [-0.1, -0.05) is 11.6 Å². The van der Waals surface area contributed by atoms with Gasteiger partial charge < -0.3 is 10.7 Å². The molecule has 1 aromatic heterocycles. The van der Waals surface area contributed by atoms with E-state index in [9.17, 15) is 0 Å². The number of fused-ring (bicyclic) bond motifs is 1. The molecule has 0 aliphatic rings. The maximum Gasteiger partial charge on any atom is 0.0459 e. The second-order valence-corrected chi connectivity index (χ2v) is 3.82. The third-order valence-corrected chi connectivity index (χ3v) is 2.71. The fraction of sp³-hybridized carbons (Fsp3) is 0.333. The van der Waals surface area contributed by atoms with Crippen LogP contribution in [0.25, 0.3) is 10.9 Å². The summed E-state index contributed by atoms with van der Waals surface area (Å²) >= 11 is 0. The zero-order chi connectivity index (χ0) is 10.1. The summed E-state index contributed by atoms with van der Waals surface area (Å²) in [5.41, 5.74) is 10.7. The number of rotatable bonds is 2. The highest BCUT2D eigenvalue weighted by Gasteiger charge is 2.05. The Balaban J connectivity index is 2.62. The Morgan fingerprint density at radius 3 is 2.79 bits per heavy atom. The van der Waals surface area contributed by atoms with Crippen molar-refractivity contribution in [2.75, 3.05) is 6.54 Å². The molecule has 0 atom stereocenters. The molecule has 1 aromatic carbocycles. The molecule has 2 heteroatoms. The normalized spacial score (nSPS) is 11.1. The van der Waals surface area contributed by atoms with Gasteiger partial charge in [0, 0.05) is 23.0 Å². The minimum atomic E-state index is 0.701. The van der Waals surface area contributed by atoms with E-state index in [1.807, 2.05) is 0 Å². The summed E-state index contributed by atoms with van der Waals surface area (Å²) in [6.45, 7) is 4.98. The Bertz CT molecular complexity index is 455. The molecular formula is C12H16N2. The molecule has 2 aromatic rings. The Morgan fingerprint density at radius 2 is 2.07 bits per heavy atom. The van der Waals surface area contributed by atoms with Crippen molar-refractivity contribution in [3.8, 4) is 0 Å². The average Bonchev–Trinajstić information content (AvgIpc) is 2.46. The summed E-state index contributed by atoms with van der Waals surface area (Å²) in [6.07, 6.45) is 0.930. The van der Waals surface area contributed by atoms with Crippen molar-refractivity contribution in [3.63, 3.8) is 0 Å². The van der Waals surface area contributed by atoms with Gasteiger partial charge in [-0.25, -0.2) is 0 Å². The van der Waals surface area contributed by atoms with Crippen molar-refractivity contribution in [2.24, 2.45) is 5.73 Å². The predicted octanol–water partition coefficient (Wildman–Crippen LogP) is 2.29. The highest BCUT2D eigenvalue weighted by Crippen LogP contribution is 2.22. The average molecular weight is 188 g/mol. The molecule has 0 fully saturated rings. The monoisotopic (exact) mass is 188 g/mol. The molecule has 0 unspecified atom stereocenters. The van der Waals surface area contributed by atoms with Crippen molar-refractivity contribution in [2.45, 2.75) is 20.3 Å². The molecule has 0 saturated heterocycles. The summed E-state index contributed by atoms with van der Waals surface area (Å²) in [6, 6.07) is 6.49. The second kappa shape index (κ2) is 3.46. The lowest BCUT2D eigenvalue weighted by molar-refractivity contribution is 0.930. The smallest absolute Gasteiger partial charge is 0.0459 e. The Morgan fingerprint density at radius 1 is 1.29 bits per heavy atom. The number of H-pyrrole nitrogens is 1. The lowest BCUT2D eigenvalue weighted by Gasteiger charge is -1.95. The van der Waals surface area contributed by atoms with Gasteiger partial charge in [-0.05, 0) is 38.1 Å². The largest absolute Gasteiger partial charge is 0.358 e. The van der Waals surface area contributed by atoms with Crippen molar-refractivity contribution in [1.29, 1.82) is 0 Å². The molecule has 0 saturated carbocycles. The van der Waals surface area contributed by atoms with Crippen LogP contribution in [0.1, 0.15) is 16.8 Å².